The van der Waals surface area contributed by atoms with Gasteiger partial charge >= 0.3 is 0 Å². The third-order valence-corrected chi connectivity index (χ3v) is 1.10. The van der Waals surface area contributed by atoms with Crippen LogP contribution in [0.3, 0.4) is 0 Å². The monoisotopic (exact) mass is 180 g/mol. The Hall–Kier alpha value is -1.68. The zero-order chi connectivity index (χ0) is 10.1. The number of nitroso groups, excluding NO2 is 1. The molecule has 0 aliphatic rings. The highest BCUT2D eigenvalue weighted by Crippen LogP contribution is 2.14. The number of hydrogen-bond acceptors (Lipinski definition) is 4. The predicted octanol–water partition coefficient (Wildman–Crippen LogP) is 3.08. The van der Waals surface area contributed by atoms with Crippen molar-refractivity contribution < 1.29 is 5.21 Å². The van der Waals surface area contributed by atoms with Crippen LogP contribution in [0, 0.1) is 4.91 Å². The van der Waals surface area contributed by atoms with Crippen molar-refractivity contribution in [2.45, 2.75) is 6.92 Å². The van der Waals surface area contributed by atoms with Gasteiger partial charge in [0.15, 0.2) is 0 Å². The quantitative estimate of drug-likeness (QED) is 0.417. The average Bonchev–Trinajstić information content (AvgIpc) is 2.19. The van der Waals surface area contributed by atoms with E-state index in [1.165, 1.54) is 12.1 Å². The van der Waals surface area contributed by atoms with Gasteiger partial charge in [0.2, 0.25) is 0 Å². The van der Waals surface area contributed by atoms with E-state index in [4.69, 9.17) is 5.21 Å². The van der Waals surface area contributed by atoms with Crippen molar-refractivity contribution in [1.82, 2.24) is 0 Å². The minimum Gasteiger partial charge on any atom is -0.291 e. The molecule has 0 aliphatic heterocycles. The smallest absolute Gasteiger partial charge is 0.108 e. The Morgan fingerprint density at radius 2 is 1.92 bits per heavy atom. The van der Waals surface area contributed by atoms with Crippen molar-refractivity contribution in [3.05, 3.63) is 41.8 Å². The van der Waals surface area contributed by atoms with Gasteiger partial charge in [-0.1, -0.05) is 6.08 Å². The van der Waals surface area contributed by atoms with Crippen LogP contribution < -0.4 is 5.48 Å². The van der Waals surface area contributed by atoms with Gasteiger partial charge in [-0.25, -0.2) is 0 Å². The second kappa shape index (κ2) is 7.00. The molecule has 0 bridgehead atoms. The van der Waals surface area contributed by atoms with E-state index in [1.807, 2.05) is 12.4 Å². The Morgan fingerprint density at radius 1 is 1.46 bits per heavy atom. The molecule has 0 unspecified atom stereocenters. The molecule has 70 valence electrons. The van der Waals surface area contributed by atoms with Crippen molar-refractivity contribution >= 4 is 11.4 Å². The lowest BCUT2D eigenvalue weighted by molar-refractivity contribution is 0.389. The molecule has 0 aromatic heterocycles. The van der Waals surface area contributed by atoms with Crippen molar-refractivity contribution in [2.24, 2.45) is 5.18 Å². The molecule has 0 amide bonds. The molecule has 13 heavy (non-hydrogen) atoms. The van der Waals surface area contributed by atoms with Crippen molar-refractivity contribution in [2.75, 3.05) is 5.48 Å². The highest BCUT2D eigenvalue weighted by Gasteiger charge is 1.89. The van der Waals surface area contributed by atoms with Gasteiger partial charge in [-0.05, 0) is 36.4 Å². The summed E-state index contributed by atoms with van der Waals surface area (Å²) in [6.45, 7) is 5.25. The molecule has 0 radical (unpaired) electrons. The summed E-state index contributed by atoms with van der Waals surface area (Å²) in [4.78, 5) is 9.87. The van der Waals surface area contributed by atoms with E-state index in [0.29, 0.717) is 11.4 Å². The van der Waals surface area contributed by atoms with E-state index in [-0.39, 0.29) is 0 Å². The summed E-state index contributed by atoms with van der Waals surface area (Å²) in [5, 5.41) is 11.0. The fraction of sp³-hybridized carbons (Fsp3) is 0.111. The molecular formula is C9H12N2O2. The second-order valence-corrected chi connectivity index (χ2v) is 2.16. The first-order valence-corrected chi connectivity index (χ1v) is 3.69. The standard InChI is InChI=1S/C6H6N2O2.C3H6/c9-7-5-1-2-6(8-10)4-3-5;1-3-2/h1-4,7,9H;3H,1H2,2H3. The van der Waals surface area contributed by atoms with Crippen LogP contribution in [-0.2, 0) is 0 Å². The largest absolute Gasteiger partial charge is 0.291 e. The van der Waals surface area contributed by atoms with E-state index < -0.39 is 0 Å². The van der Waals surface area contributed by atoms with Crippen molar-refractivity contribution in [3.8, 4) is 0 Å². The first-order chi connectivity index (χ1) is 6.28. The number of allylic oxidation sites excluding steroid dienone is 1. The highest BCUT2D eigenvalue weighted by molar-refractivity contribution is 5.49. The maximum Gasteiger partial charge on any atom is 0.108 e. The van der Waals surface area contributed by atoms with Crippen LogP contribution in [0.1, 0.15) is 6.92 Å². The summed E-state index contributed by atoms with van der Waals surface area (Å²) < 4.78 is 0. The normalized spacial score (nSPS) is 7.85. The van der Waals surface area contributed by atoms with Crippen LogP contribution >= 0.6 is 0 Å². The Labute approximate surface area is 76.8 Å². The molecule has 0 saturated heterocycles. The molecule has 2 N–H and O–H groups in total. The second-order valence-electron chi connectivity index (χ2n) is 2.16. The SMILES string of the molecule is C=CC.O=Nc1ccc(NO)cc1. The first kappa shape index (κ1) is 11.3. The van der Waals surface area contributed by atoms with Crippen LogP contribution in [0.15, 0.2) is 42.1 Å². The minimum absolute atomic E-state index is 0.346. The number of benzene rings is 1. The lowest BCUT2D eigenvalue weighted by Gasteiger charge is -1.95. The Morgan fingerprint density at radius 3 is 2.23 bits per heavy atom. The number of nitrogens with zero attached hydrogens (tertiary/aromatic N) is 1. The van der Waals surface area contributed by atoms with Gasteiger partial charge in [0.25, 0.3) is 0 Å². The molecule has 1 rings (SSSR count). The fourth-order valence-corrected chi connectivity index (χ4v) is 0.597. The summed E-state index contributed by atoms with van der Waals surface area (Å²) in [7, 11) is 0. The van der Waals surface area contributed by atoms with Crippen molar-refractivity contribution in [3.63, 3.8) is 0 Å². The van der Waals surface area contributed by atoms with Crippen LogP contribution in [-0.4, -0.2) is 5.21 Å². The van der Waals surface area contributed by atoms with Crippen LogP contribution in [0.25, 0.3) is 0 Å². The molecule has 0 atom stereocenters. The average molecular weight is 180 g/mol. The van der Waals surface area contributed by atoms with E-state index >= 15 is 0 Å². The number of anilines is 1. The summed E-state index contributed by atoms with van der Waals surface area (Å²) in [5.41, 5.74) is 2.82. The lowest BCUT2D eigenvalue weighted by atomic mass is 10.3. The highest BCUT2D eigenvalue weighted by atomic mass is 16.5. The van der Waals surface area contributed by atoms with E-state index in [9.17, 15) is 4.91 Å². The van der Waals surface area contributed by atoms with Gasteiger partial charge in [-0.2, -0.15) is 0 Å². The zero-order valence-corrected chi connectivity index (χ0v) is 7.40. The van der Waals surface area contributed by atoms with Crippen molar-refractivity contribution in [1.29, 1.82) is 0 Å². The first-order valence-electron chi connectivity index (χ1n) is 3.69. The van der Waals surface area contributed by atoms with E-state index in [2.05, 4.69) is 11.8 Å². The van der Waals surface area contributed by atoms with Crippen LogP contribution in [0.2, 0.25) is 0 Å². The third kappa shape index (κ3) is 4.71. The molecular weight excluding hydrogens is 168 g/mol. The molecule has 1 aromatic rings. The molecule has 1 aromatic carbocycles. The van der Waals surface area contributed by atoms with E-state index in [0.717, 1.165) is 0 Å². The predicted molar refractivity (Wildman–Crippen MR) is 53.2 cm³/mol. The molecule has 0 heterocycles. The van der Waals surface area contributed by atoms with Crippen LogP contribution in [0.4, 0.5) is 11.4 Å². The molecule has 4 heteroatoms. The zero-order valence-electron chi connectivity index (χ0n) is 7.40. The molecule has 0 aliphatic carbocycles. The maximum absolute atomic E-state index is 9.87. The number of hydrogen-bond donors (Lipinski definition) is 2. The van der Waals surface area contributed by atoms with Gasteiger partial charge < -0.3 is 0 Å². The van der Waals surface area contributed by atoms with Crippen LogP contribution in [0.5, 0.6) is 0 Å². The maximum atomic E-state index is 9.87. The van der Waals surface area contributed by atoms with Gasteiger partial charge in [0, 0.05) is 0 Å². The van der Waals surface area contributed by atoms with Gasteiger partial charge in [-0.3, -0.25) is 10.7 Å². The number of rotatable bonds is 2. The lowest BCUT2D eigenvalue weighted by Crippen LogP contribution is -1.86. The Kier molecular flexibility index (Phi) is 6.09. The van der Waals surface area contributed by atoms with Gasteiger partial charge in [-0.15, -0.1) is 11.5 Å². The Balaban J connectivity index is 0.000000424. The molecule has 0 spiro atoms. The summed E-state index contributed by atoms with van der Waals surface area (Å²) in [6, 6.07) is 6.12. The topological polar surface area (TPSA) is 61.7 Å². The number of nitrogens with one attached hydrogen (secondary N) is 1. The fourth-order valence-electron chi connectivity index (χ4n) is 0.597. The summed E-state index contributed by atoms with van der Waals surface area (Å²) in [5.74, 6) is 0. The summed E-state index contributed by atoms with van der Waals surface area (Å²) in [6.07, 6.45) is 1.75. The van der Waals surface area contributed by atoms with E-state index in [1.54, 1.807) is 18.2 Å². The van der Waals surface area contributed by atoms with Gasteiger partial charge in [0.05, 0.1) is 5.69 Å². The summed E-state index contributed by atoms with van der Waals surface area (Å²) >= 11 is 0. The molecule has 0 fully saturated rings. The minimum atomic E-state index is 0.346. The van der Waals surface area contributed by atoms with Gasteiger partial charge in [0.1, 0.15) is 5.69 Å². The molecule has 0 saturated carbocycles. The third-order valence-electron chi connectivity index (χ3n) is 1.10. The Bertz CT molecular complexity index is 257. The molecule has 4 nitrogen and oxygen atoms in total.